The van der Waals surface area contributed by atoms with Crippen LogP contribution in [0.2, 0.25) is 0 Å². The molecule has 5 rings (SSSR count). The maximum atomic E-state index is 13.6. The van der Waals surface area contributed by atoms with Gasteiger partial charge in [-0.05, 0) is 92.4 Å². The molecule has 1 amide bonds. The van der Waals surface area contributed by atoms with Crippen molar-refractivity contribution in [2.24, 2.45) is 0 Å². The third-order valence-electron chi connectivity index (χ3n) is 7.19. The molecule has 0 radical (unpaired) electrons. The van der Waals surface area contributed by atoms with Crippen LogP contribution < -0.4 is 19.1 Å². The SMILES string of the molecule is CCOc1cc(C2/C(=C(\O)c3ccc4c(c3)CC(C)O4)C(=O)C(=O)N2c2ccc(C)c(C)c2)ccc1OC. The van der Waals surface area contributed by atoms with Crippen LogP contribution in [0, 0.1) is 13.8 Å². The molecular formula is C31H31NO6. The highest BCUT2D eigenvalue weighted by Crippen LogP contribution is 2.45. The molecule has 3 aromatic carbocycles. The molecule has 0 spiro atoms. The van der Waals surface area contributed by atoms with Gasteiger partial charge in [-0.15, -0.1) is 0 Å². The molecule has 2 heterocycles. The van der Waals surface area contributed by atoms with Crippen LogP contribution in [0.3, 0.4) is 0 Å². The van der Waals surface area contributed by atoms with Gasteiger partial charge < -0.3 is 19.3 Å². The largest absolute Gasteiger partial charge is 0.507 e. The van der Waals surface area contributed by atoms with E-state index in [0.29, 0.717) is 41.3 Å². The van der Waals surface area contributed by atoms with Crippen LogP contribution in [0.5, 0.6) is 17.2 Å². The number of aliphatic hydroxyl groups excluding tert-OH is 1. The maximum absolute atomic E-state index is 13.6. The minimum atomic E-state index is -0.870. The highest BCUT2D eigenvalue weighted by Gasteiger charge is 2.47. The number of nitrogens with zero attached hydrogens (tertiary/aromatic N) is 1. The van der Waals surface area contributed by atoms with Crippen molar-refractivity contribution in [1.29, 1.82) is 0 Å². The lowest BCUT2D eigenvalue weighted by atomic mass is 9.94. The number of ether oxygens (including phenoxy) is 3. The summed E-state index contributed by atoms with van der Waals surface area (Å²) in [6.07, 6.45) is 0.738. The molecule has 38 heavy (non-hydrogen) atoms. The van der Waals surface area contributed by atoms with Gasteiger partial charge in [-0.1, -0.05) is 12.1 Å². The number of methoxy groups -OCH3 is 1. The van der Waals surface area contributed by atoms with Gasteiger partial charge in [0.25, 0.3) is 11.7 Å². The average Bonchev–Trinajstić information content (AvgIpc) is 3.40. The van der Waals surface area contributed by atoms with Gasteiger partial charge in [-0.3, -0.25) is 14.5 Å². The first-order valence-corrected chi connectivity index (χ1v) is 12.7. The fourth-order valence-corrected chi connectivity index (χ4v) is 5.15. The number of fused-ring (bicyclic) bond motifs is 1. The molecule has 2 aliphatic heterocycles. The first-order chi connectivity index (χ1) is 18.2. The number of hydrogen-bond acceptors (Lipinski definition) is 6. The van der Waals surface area contributed by atoms with Gasteiger partial charge in [-0.2, -0.15) is 0 Å². The predicted octanol–water partition coefficient (Wildman–Crippen LogP) is 5.66. The lowest BCUT2D eigenvalue weighted by Gasteiger charge is -2.26. The quantitative estimate of drug-likeness (QED) is 0.260. The van der Waals surface area contributed by atoms with Gasteiger partial charge in [-0.25, -0.2) is 0 Å². The molecule has 196 valence electrons. The molecule has 2 atom stereocenters. The predicted molar refractivity (Wildman–Crippen MR) is 145 cm³/mol. The van der Waals surface area contributed by atoms with E-state index in [1.54, 1.807) is 37.4 Å². The first kappa shape index (κ1) is 25.4. The molecule has 0 aromatic heterocycles. The number of aliphatic hydroxyl groups is 1. The van der Waals surface area contributed by atoms with Crippen LogP contribution in [0.25, 0.3) is 5.76 Å². The Labute approximate surface area is 222 Å². The second-order valence-corrected chi connectivity index (χ2v) is 9.74. The summed E-state index contributed by atoms with van der Waals surface area (Å²) in [6, 6.07) is 15.4. The zero-order valence-electron chi connectivity index (χ0n) is 22.2. The van der Waals surface area contributed by atoms with E-state index >= 15 is 0 Å². The smallest absolute Gasteiger partial charge is 0.300 e. The van der Waals surface area contributed by atoms with E-state index in [0.717, 1.165) is 22.4 Å². The average molecular weight is 514 g/mol. The Kier molecular flexibility index (Phi) is 6.61. The highest BCUT2D eigenvalue weighted by molar-refractivity contribution is 6.51. The van der Waals surface area contributed by atoms with Gasteiger partial charge >= 0.3 is 0 Å². The number of carbonyl (C=O) groups excluding carboxylic acids is 2. The summed E-state index contributed by atoms with van der Waals surface area (Å²) in [4.78, 5) is 28.6. The number of aryl methyl sites for hydroxylation is 2. The highest BCUT2D eigenvalue weighted by atomic mass is 16.5. The van der Waals surface area contributed by atoms with Crippen molar-refractivity contribution in [3.63, 3.8) is 0 Å². The molecular weight excluding hydrogens is 482 g/mol. The van der Waals surface area contributed by atoms with Crippen LogP contribution in [0.1, 0.15) is 47.7 Å². The molecule has 0 bridgehead atoms. The zero-order valence-corrected chi connectivity index (χ0v) is 22.2. The number of hydrogen-bond donors (Lipinski definition) is 1. The minimum absolute atomic E-state index is 0.0211. The zero-order chi connectivity index (χ0) is 27.1. The third-order valence-corrected chi connectivity index (χ3v) is 7.19. The maximum Gasteiger partial charge on any atom is 0.300 e. The van der Waals surface area contributed by atoms with E-state index in [4.69, 9.17) is 14.2 Å². The van der Waals surface area contributed by atoms with Gasteiger partial charge in [0.1, 0.15) is 17.6 Å². The van der Waals surface area contributed by atoms with Crippen molar-refractivity contribution in [3.8, 4) is 17.2 Å². The van der Waals surface area contributed by atoms with Crippen molar-refractivity contribution in [2.45, 2.75) is 46.3 Å². The first-order valence-electron chi connectivity index (χ1n) is 12.7. The molecule has 2 aliphatic rings. The van der Waals surface area contributed by atoms with Crippen LogP contribution in [0.4, 0.5) is 5.69 Å². The number of benzene rings is 3. The second kappa shape index (κ2) is 9.89. The number of ketones is 1. The van der Waals surface area contributed by atoms with Gasteiger partial charge in [0.2, 0.25) is 0 Å². The summed E-state index contributed by atoms with van der Waals surface area (Å²) < 4.78 is 17.0. The number of rotatable bonds is 6. The second-order valence-electron chi connectivity index (χ2n) is 9.74. The Morgan fingerprint density at radius 1 is 1.03 bits per heavy atom. The van der Waals surface area contributed by atoms with E-state index in [-0.39, 0.29) is 17.4 Å². The Morgan fingerprint density at radius 3 is 2.53 bits per heavy atom. The minimum Gasteiger partial charge on any atom is -0.507 e. The topological polar surface area (TPSA) is 85.3 Å². The van der Waals surface area contributed by atoms with Crippen molar-refractivity contribution >= 4 is 23.1 Å². The van der Waals surface area contributed by atoms with Crippen LogP contribution in [-0.2, 0) is 16.0 Å². The lowest BCUT2D eigenvalue weighted by molar-refractivity contribution is -0.132. The lowest BCUT2D eigenvalue weighted by Crippen LogP contribution is -2.29. The van der Waals surface area contributed by atoms with Crippen molar-refractivity contribution < 1.29 is 28.9 Å². The van der Waals surface area contributed by atoms with Gasteiger partial charge in [0, 0.05) is 17.7 Å². The van der Waals surface area contributed by atoms with Crippen molar-refractivity contribution in [1.82, 2.24) is 0 Å². The molecule has 7 nitrogen and oxygen atoms in total. The number of anilines is 1. The molecule has 0 saturated carbocycles. The van der Waals surface area contributed by atoms with Gasteiger partial charge in [0.05, 0.1) is 25.3 Å². The molecule has 1 N–H and O–H groups in total. The molecule has 2 unspecified atom stereocenters. The van der Waals surface area contributed by atoms with Gasteiger partial charge in [0.15, 0.2) is 11.5 Å². The van der Waals surface area contributed by atoms with E-state index in [1.165, 1.54) is 4.90 Å². The van der Waals surface area contributed by atoms with E-state index in [1.807, 2.05) is 52.0 Å². The molecule has 3 aromatic rings. The summed E-state index contributed by atoms with van der Waals surface area (Å²) in [5, 5.41) is 11.6. The molecule has 0 aliphatic carbocycles. The van der Waals surface area contributed by atoms with Crippen molar-refractivity contribution in [3.05, 3.63) is 88.0 Å². The number of Topliss-reactive ketones (excluding diaryl/α,β-unsaturated/α-hetero) is 1. The Morgan fingerprint density at radius 2 is 1.82 bits per heavy atom. The molecule has 7 heteroatoms. The van der Waals surface area contributed by atoms with Crippen molar-refractivity contribution in [2.75, 3.05) is 18.6 Å². The molecule has 1 saturated heterocycles. The van der Waals surface area contributed by atoms with E-state index in [2.05, 4.69) is 0 Å². The Balaban J connectivity index is 1.71. The summed E-state index contributed by atoms with van der Waals surface area (Å²) in [5.41, 5.74) is 4.68. The monoisotopic (exact) mass is 513 g/mol. The summed E-state index contributed by atoms with van der Waals surface area (Å²) in [5.74, 6) is 0.109. The van der Waals surface area contributed by atoms with E-state index in [9.17, 15) is 14.7 Å². The fourth-order valence-electron chi connectivity index (χ4n) is 5.15. The fraction of sp³-hybridized carbons (Fsp3) is 0.290. The summed E-state index contributed by atoms with van der Waals surface area (Å²) >= 11 is 0. The normalized spacial score (nSPS) is 19.9. The standard InChI is InChI=1S/C31H31NO6/c1-6-37-26-16-20(8-12-25(26)36-5)28-27(29(33)21-9-11-24-22(15-21)14-19(4)38-24)30(34)31(35)32(28)23-10-7-17(2)18(3)13-23/h7-13,15-16,19,28,33H,6,14H2,1-5H3/b29-27+. The van der Waals surface area contributed by atoms with Crippen LogP contribution >= 0.6 is 0 Å². The Hall–Kier alpha value is -4.26. The van der Waals surface area contributed by atoms with Crippen LogP contribution in [0.15, 0.2) is 60.2 Å². The summed E-state index contributed by atoms with van der Waals surface area (Å²) in [7, 11) is 1.55. The molecule has 1 fully saturated rings. The van der Waals surface area contributed by atoms with E-state index < -0.39 is 17.7 Å². The Bertz CT molecular complexity index is 1470. The number of amides is 1. The third kappa shape index (κ3) is 4.28. The van der Waals surface area contributed by atoms with Crippen LogP contribution in [-0.4, -0.2) is 36.6 Å². The summed E-state index contributed by atoms with van der Waals surface area (Å²) in [6.45, 7) is 8.20. The number of carbonyl (C=O) groups is 2.